The van der Waals surface area contributed by atoms with Crippen molar-refractivity contribution in [2.75, 3.05) is 19.0 Å². The molecular weight excluding hydrogens is 368 g/mol. The second-order valence-electron chi connectivity index (χ2n) is 7.20. The van der Waals surface area contributed by atoms with Crippen LogP contribution >= 0.6 is 0 Å². The van der Waals surface area contributed by atoms with Crippen LogP contribution in [-0.2, 0) is 22.6 Å². The minimum absolute atomic E-state index is 0.114. The van der Waals surface area contributed by atoms with Crippen LogP contribution in [0, 0.1) is 5.92 Å². The van der Waals surface area contributed by atoms with E-state index in [1.807, 2.05) is 47.0 Å². The molecule has 150 valence electrons. The highest BCUT2D eigenvalue weighted by Gasteiger charge is 2.29. The van der Waals surface area contributed by atoms with Gasteiger partial charge in [-0.25, -0.2) is 4.98 Å². The molecule has 0 radical (unpaired) electrons. The van der Waals surface area contributed by atoms with E-state index in [4.69, 9.17) is 4.74 Å². The molecule has 4 rings (SSSR count). The molecule has 1 aliphatic rings. The summed E-state index contributed by atoms with van der Waals surface area (Å²) in [5.74, 6) is 1.61. The standard InChI is InChI=1S/C22H24N4O3/c1-29-17-6-4-5-16(13-17)24-21(27)14-26-19-8-3-2-7-18(19)25-20(26)11-12-23-22(28)15-9-10-15/h2-8,13,15H,9-12,14H2,1H3,(H,23,28)(H,24,27). The zero-order chi connectivity index (χ0) is 20.2. The first kappa shape index (κ1) is 19.0. The second-order valence-corrected chi connectivity index (χ2v) is 7.20. The Kier molecular flexibility index (Phi) is 5.46. The van der Waals surface area contributed by atoms with Crippen LogP contribution < -0.4 is 15.4 Å². The number of ether oxygens (including phenoxy) is 1. The van der Waals surface area contributed by atoms with Gasteiger partial charge >= 0.3 is 0 Å². The molecule has 1 fully saturated rings. The van der Waals surface area contributed by atoms with E-state index < -0.39 is 0 Å². The minimum atomic E-state index is -0.148. The van der Waals surface area contributed by atoms with Gasteiger partial charge in [-0.15, -0.1) is 0 Å². The quantitative estimate of drug-likeness (QED) is 0.617. The van der Waals surface area contributed by atoms with Gasteiger partial charge in [-0.3, -0.25) is 9.59 Å². The predicted octanol–water partition coefficient (Wildman–Crippen LogP) is 2.75. The van der Waals surface area contributed by atoms with Crippen molar-refractivity contribution in [1.82, 2.24) is 14.9 Å². The van der Waals surface area contributed by atoms with Gasteiger partial charge in [0.15, 0.2) is 0 Å². The van der Waals surface area contributed by atoms with Gasteiger partial charge in [-0.1, -0.05) is 18.2 Å². The lowest BCUT2D eigenvalue weighted by Gasteiger charge is -2.11. The second kappa shape index (κ2) is 8.34. The average molecular weight is 392 g/mol. The summed E-state index contributed by atoms with van der Waals surface area (Å²) in [5.41, 5.74) is 2.42. The largest absolute Gasteiger partial charge is 0.497 e. The van der Waals surface area contributed by atoms with Crippen molar-refractivity contribution in [2.45, 2.75) is 25.8 Å². The number of nitrogens with zero attached hydrogens (tertiary/aromatic N) is 2. The Morgan fingerprint density at radius 2 is 2.00 bits per heavy atom. The van der Waals surface area contributed by atoms with Crippen LogP contribution in [0.25, 0.3) is 11.0 Å². The third-order valence-electron chi connectivity index (χ3n) is 4.98. The van der Waals surface area contributed by atoms with E-state index >= 15 is 0 Å². The van der Waals surface area contributed by atoms with Gasteiger partial charge in [0.2, 0.25) is 11.8 Å². The first-order valence-corrected chi connectivity index (χ1v) is 9.80. The molecule has 2 N–H and O–H groups in total. The van der Waals surface area contributed by atoms with Gasteiger partial charge in [-0.05, 0) is 37.1 Å². The molecule has 29 heavy (non-hydrogen) atoms. The highest BCUT2D eigenvalue weighted by molar-refractivity contribution is 5.92. The monoisotopic (exact) mass is 392 g/mol. The maximum absolute atomic E-state index is 12.7. The summed E-state index contributed by atoms with van der Waals surface area (Å²) >= 11 is 0. The molecule has 0 bridgehead atoms. The van der Waals surface area contributed by atoms with E-state index in [0.717, 1.165) is 29.7 Å². The number of carbonyl (C=O) groups excluding carboxylic acids is 2. The lowest BCUT2D eigenvalue weighted by molar-refractivity contribution is -0.122. The number of rotatable bonds is 8. The van der Waals surface area contributed by atoms with Crippen molar-refractivity contribution in [3.63, 3.8) is 0 Å². The first-order chi connectivity index (χ1) is 14.1. The number of methoxy groups -OCH3 is 1. The van der Waals surface area contributed by atoms with Crippen LogP contribution in [0.3, 0.4) is 0 Å². The van der Waals surface area contributed by atoms with Gasteiger partial charge in [0, 0.05) is 30.6 Å². The van der Waals surface area contributed by atoms with Crippen LogP contribution in [0.2, 0.25) is 0 Å². The number of fused-ring (bicyclic) bond motifs is 1. The minimum Gasteiger partial charge on any atom is -0.497 e. The topological polar surface area (TPSA) is 85.2 Å². The van der Waals surface area contributed by atoms with Crippen LogP contribution in [0.15, 0.2) is 48.5 Å². The number of imidazole rings is 1. The molecule has 7 heteroatoms. The first-order valence-electron chi connectivity index (χ1n) is 9.80. The van der Waals surface area contributed by atoms with Crippen molar-refractivity contribution < 1.29 is 14.3 Å². The maximum atomic E-state index is 12.7. The molecule has 0 aliphatic heterocycles. The van der Waals surface area contributed by atoms with Crippen molar-refractivity contribution >= 4 is 28.5 Å². The van der Waals surface area contributed by atoms with Crippen molar-refractivity contribution in [3.05, 3.63) is 54.4 Å². The fourth-order valence-electron chi connectivity index (χ4n) is 3.32. The summed E-state index contributed by atoms with van der Waals surface area (Å²) in [6.45, 7) is 0.653. The summed E-state index contributed by atoms with van der Waals surface area (Å²) in [4.78, 5) is 29.2. The molecule has 1 heterocycles. The SMILES string of the molecule is COc1cccc(NC(=O)Cn2c(CCNC(=O)C3CC3)nc3ccccc32)c1. The number of para-hydroxylation sites is 2. The number of hydrogen-bond donors (Lipinski definition) is 2. The average Bonchev–Trinajstić information content (AvgIpc) is 3.52. The van der Waals surface area contributed by atoms with E-state index in [1.54, 1.807) is 13.2 Å². The lowest BCUT2D eigenvalue weighted by atomic mass is 10.3. The number of benzene rings is 2. The predicted molar refractivity (Wildman–Crippen MR) is 111 cm³/mol. The van der Waals surface area contributed by atoms with E-state index in [1.165, 1.54) is 0 Å². The number of aromatic nitrogens is 2. The van der Waals surface area contributed by atoms with Crippen molar-refractivity contribution in [2.24, 2.45) is 5.92 Å². The van der Waals surface area contributed by atoms with Crippen molar-refractivity contribution in [1.29, 1.82) is 0 Å². The van der Waals surface area contributed by atoms with Gasteiger partial charge in [0.1, 0.15) is 18.1 Å². The summed E-state index contributed by atoms with van der Waals surface area (Å²) < 4.78 is 7.11. The number of amides is 2. The Hall–Kier alpha value is -3.35. The molecule has 1 saturated carbocycles. The molecule has 3 aromatic rings. The Balaban J connectivity index is 1.48. The molecule has 0 atom stereocenters. The van der Waals surface area contributed by atoms with E-state index in [-0.39, 0.29) is 24.3 Å². The Labute approximate surface area is 169 Å². The Morgan fingerprint density at radius 3 is 2.79 bits per heavy atom. The molecule has 1 aliphatic carbocycles. The molecule has 2 amide bonds. The summed E-state index contributed by atoms with van der Waals surface area (Å²) in [7, 11) is 1.59. The lowest BCUT2D eigenvalue weighted by Crippen LogP contribution is -2.28. The normalized spacial score (nSPS) is 13.3. The fraction of sp³-hybridized carbons (Fsp3) is 0.318. The third kappa shape index (κ3) is 4.56. The van der Waals surface area contributed by atoms with E-state index in [0.29, 0.717) is 24.4 Å². The van der Waals surface area contributed by atoms with Gasteiger partial charge in [0.05, 0.1) is 18.1 Å². The Morgan fingerprint density at radius 1 is 1.17 bits per heavy atom. The van der Waals surface area contributed by atoms with Gasteiger partial charge in [-0.2, -0.15) is 0 Å². The molecule has 7 nitrogen and oxygen atoms in total. The van der Waals surface area contributed by atoms with Gasteiger partial charge < -0.3 is 19.9 Å². The molecule has 0 unspecified atom stereocenters. The van der Waals surface area contributed by atoms with Crippen molar-refractivity contribution in [3.8, 4) is 5.75 Å². The number of nitrogens with one attached hydrogen (secondary N) is 2. The van der Waals surface area contributed by atoms with Crippen LogP contribution in [0.1, 0.15) is 18.7 Å². The highest BCUT2D eigenvalue weighted by Crippen LogP contribution is 2.28. The molecule has 0 spiro atoms. The smallest absolute Gasteiger partial charge is 0.244 e. The summed E-state index contributed by atoms with van der Waals surface area (Å²) in [6, 6.07) is 15.0. The summed E-state index contributed by atoms with van der Waals surface area (Å²) in [5, 5.41) is 5.87. The van der Waals surface area contributed by atoms with E-state index in [9.17, 15) is 9.59 Å². The summed E-state index contributed by atoms with van der Waals surface area (Å²) in [6.07, 6.45) is 2.53. The molecular formula is C22H24N4O3. The maximum Gasteiger partial charge on any atom is 0.244 e. The van der Waals surface area contributed by atoms with Crippen LogP contribution in [0.5, 0.6) is 5.75 Å². The Bertz CT molecular complexity index is 1040. The number of anilines is 1. The number of hydrogen-bond acceptors (Lipinski definition) is 4. The van der Waals surface area contributed by atoms with E-state index in [2.05, 4.69) is 15.6 Å². The third-order valence-corrected chi connectivity index (χ3v) is 4.98. The van der Waals surface area contributed by atoms with Crippen LogP contribution in [0.4, 0.5) is 5.69 Å². The molecule has 1 aromatic heterocycles. The molecule has 2 aromatic carbocycles. The van der Waals surface area contributed by atoms with Gasteiger partial charge in [0.25, 0.3) is 0 Å². The zero-order valence-corrected chi connectivity index (χ0v) is 16.4. The highest BCUT2D eigenvalue weighted by atomic mass is 16.5. The number of carbonyl (C=O) groups is 2. The fourth-order valence-corrected chi connectivity index (χ4v) is 3.32. The van der Waals surface area contributed by atoms with Crippen LogP contribution in [-0.4, -0.2) is 35.0 Å². The zero-order valence-electron chi connectivity index (χ0n) is 16.4. The molecule has 0 saturated heterocycles.